The number of hydrogen-bond donors (Lipinski definition) is 3. The fourth-order valence-electron chi connectivity index (χ4n) is 1.87. The molecular formula is C12H23N3O3. The predicted molar refractivity (Wildman–Crippen MR) is 68.1 cm³/mol. The molecule has 2 amide bonds. The molecule has 0 radical (unpaired) electrons. The van der Waals surface area contributed by atoms with Gasteiger partial charge in [-0.1, -0.05) is 0 Å². The number of nitrogens with one attached hydrogen (secondary N) is 3. The van der Waals surface area contributed by atoms with E-state index in [9.17, 15) is 9.59 Å². The van der Waals surface area contributed by atoms with Crippen molar-refractivity contribution in [3.63, 3.8) is 0 Å². The Morgan fingerprint density at radius 2 is 1.94 bits per heavy atom. The van der Waals surface area contributed by atoms with E-state index < -0.39 is 6.04 Å². The van der Waals surface area contributed by atoms with Crippen molar-refractivity contribution >= 4 is 11.8 Å². The monoisotopic (exact) mass is 257 g/mol. The van der Waals surface area contributed by atoms with E-state index >= 15 is 0 Å². The number of methoxy groups -OCH3 is 1. The van der Waals surface area contributed by atoms with Gasteiger partial charge in [0.1, 0.15) is 6.04 Å². The van der Waals surface area contributed by atoms with Gasteiger partial charge in [0.15, 0.2) is 0 Å². The Morgan fingerprint density at radius 1 is 1.28 bits per heavy atom. The van der Waals surface area contributed by atoms with Crippen LogP contribution in [0.1, 0.15) is 27.2 Å². The van der Waals surface area contributed by atoms with Crippen molar-refractivity contribution in [3.05, 3.63) is 0 Å². The van der Waals surface area contributed by atoms with Crippen LogP contribution in [0.4, 0.5) is 0 Å². The van der Waals surface area contributed by atoms with Crippen LogP contribution >= 0.6 is 0 Å². The average molecular weight is 257 g/mol. The zero-order chi connectivity index (χ0) is 13.7. The maximum atomic E-state index is 11.9. The second kappa shape index (κ2) is 6.70. The second-order valence-corrected chi connectivity index (χ2v) is 4.95. The van der Waals surface area contributed by atoms with Gasteiger partial charge < -0.3 is 20.7 Å². The highest BCUT2D eigenvalue weighted by molar-refractivity contribution is 5.89. The molecule has 1 aliphatic heterocycles. The fourth-order valence-corrected chi connectivity index (χ4v) is 1.87. The van der Waals surface area contributed by atoms with Gasteiger partial charge in [-0.2, -0.15) is 0 Å². The molecule has 1 fully saturated rings. The Hall–Kier alpha value is -1.14. The molecule has 1 heterocycles. The van der Waals surface area contributed by atoms with Crippen LogP contribution in [-0.2, 0) is 14.3 Å². The van der Waals surface area contributed by atoms with Crippen molar-refractivity contribution in [3.8, 4) is 0 Å². The smallest absolute Gasteiger partial charge is 0.242 e. The maximum absolute atomic E-state index is 11.9. The second-order valence-electron chi connectivity index (χ2n) is 4.95. The number of carbonyl (C=O) groups is 2. The number of amides is 2. The highest BCUT2D eigenvalue weighted by Gasteiger charge is 2.30. The summed E-state index contributed by atoms with van der Waals surface area (Å²) in [6.07, 6.45) is 0.710. The molecule has 0 aromatic heterocycles. The molecule has 6 nitrogen and oxygen atoms in total. The van der Waals surface area contributed by atoms with Crippen molar-refractivity contribution in [2.24, 2.45) is 0 Å². The van der Waals surface area contributed by atoms with Gasteiger partial charge in [0, 0.05) is 19.7 Å². The van der Waals surface area contributed by atoms with Gasteiger partial charge in [-0.3, -0.25) is 9.59 Å². The lowest BCUT2D eigenvalue weighted by atomic mass is 10.1. The Kier molecular flexibility index (Phi) is 5.55. The number of hydrogen-bond acceptors (Lipinski definition) is 4. The minimum atomic E-state index is -0.525. The lowest BCUT2D eigenvalue weighted by Gasteiger charge is -2.18. The summed E-state index contributed by atoms with van der Waals surface area (Å²) in [6, 6.07) is -0.730. The molecule has 0 saturated carbocycles. The van der Waals surface area contributed by atoms with Crippen molar-refractivity contribution < 1.29 is 14.3 Å². The van der Waals surface area contributed by atoms with E-state index in [1.54, 1.807) is 14.0 Å². The van der Waals surface area contributed by atoms with E-state index in [4.69, 9.17) is 4.74 Å². The summed E-state index contributed by atoms with van der Waals surface area (Å²) in [4.78, 5) is 23.6. The van der Waals surface area contributed by atoms with Crippen molar-refractivity contribution in [1.29, 1.82) is 0 Å². The first-order valence-corrected chi connectivity index (χ1v) is 6.31. The molecule has 0 spiro atoms. The molecule has 6 heteroatoms. The molecule has 3 unspecified atom stereocenters. The Balaban J connectivity index is 2.38. The topological polar surface area (TPSA) is 79.5 Å². The normalized spacial score (nSPS) is 24.9. The number of carbonyl (C=O) groups excluding carboxylic acids is 2. The van der Waals surface area contributed by atoms with Crippen molar-refractivity contribution in [1.82, 2.24) is 16.0 Å². The molecule has 0 aromatic carbocycles. The summed E-state index contributed by atoms with van der Waals surface area (Å²) in [6.45, 7) is 6.11. The Labute approximate surface area is 108 Å². The van der Waals surface area contributed by atoms with Crippen LogP contribution in [0, 0.1) is 0 Å². The minimum Gasteiger partial charge on any atom is -0.380 e. The first-order valence-electron chi connectivity index (χ1n) is 6.31. The lowest BCUT2D eigenvalue weighted by molar-refractivity contribution is -0.129. The third kappa shape index (κ3) is 4.27. The molecule has 1 aliphatic rings. The molecule has 0 aromatic rings. The number of rotatable bonds is 5. The van der Waals surface area contributed by atoms with Crippen molar-refractivity contribution in [2.45, 2.75) is 51.4 Å². The van der Waals surface area contributed by atoms with Gasteiger partial charge in [-0.25, -0.2) is 0 Å². The molecule has 1 rings (SSSR count). The zero-order valence-corrected chi connectivity index (χ0v) is 11.4. The van der Waals surface area contributed by atoms with E-state index in [1.807, 2.05) is 13.8 Å². The van der Waals surface area contributed by atoms with Crippen LogP contribution < -0.4 is 16.0 Å². The van der Waals surface area contributed by atoms with E-state index in [0.29, 0.717) is 13.0 Å². The van der Waals surface area contributed by atoms with E-state index in [2.05, 4.69) is 16.0 Å². The molecule has 0 bridgehead atoms. The van der Waals surface area contributed by atoms with Gasteiger partial charge in [0.25, 0.3) is 0 Å². The lowest BCUT2D eigenvalue weighted by Crippen LogP contribution is -2.51. The van der Waals surface area contributed by atoms with Gasteiger partial charge >= 0.3 is 0 Å². The Bertz CT molecular complexity index is 307. The van der Waals surface area contributed by atoms with Gasteiger partial charge in [0.05, 0.1) is 12.1 Å². The predicted octanol–water partition coefficient (Wildman–Crippen LogP) is -0.607. The fraction of sp³-hybridized carbons (Fsp3) is 0.833. The standard InChI is InChI=1S/C12H23N3O3/c1-7(2)14-11(16)8(3)15-12(17)10-5-9(18-4)6-13-10/h7-10,13H,5-6H2,1-4H3,(H,14,16)(H,15,17). The van der Waals surface area contributed by atoms with E-state index in [1.165, 1.54) is 0 Å². The maximum Gasteiger partial charge on any atom is 0.242 e. The summed E-state index contributed by atoms with van der Waals surface area (Å²) in [5, 5.41) is 8.54. The SMILES string of the molecule is COC1CNC(C(=O)NC(C)C(=O)NC(C)C)C1. The van der Waals surface area contributed by atoms with Crippen LogP contribution in [0.5, 0.6) is 0 Å². The minimum absolute atomic E-state index is 0.0688. The average Bonchev–Trinajstić information content (AvgIpc) is 2.76. The van der Waals surface area contributed by atoms with Gasteiger partial charge in [-0.15, -0.1) is 0 Å². The largest absolute Gasteiger partial charge is 0.380 e. The molecule has 3 N–H and O–H groups in total. The van der Waals surface area contributed by atoms with E-state index in [-0.39, 0.29) is 30.0 Å². The van der Waals surface area contributed by atoms with Crippen molar-refractivity contribution in [2.75, 3.05) is 13.7 Å². The van der Waals surface area contributed by atoms with Crippen LogP contribution in [0.3, 0.4) is 0 Å². The quantitative estimate of drug-likeness (QED) is 0.614. The van der Waals surface area contributed by atoms with Gasteiger partial charge in [-0.05, 0) is 27.2 Å². The third-order valence-corrected chi connectivity index (χ3v) is 2.92. The summed E-state index contributed by atoms with van der Waals surface area (Å²) >= 11 is 0. The summed E-state index contributed by atoms with van der Waals surface area (Å²) in [5.74, 6) is -0.319. The highest BCUT2D eigenvalue weighted by atomic mass is 16.5. The van der Waals surface area contributed by atoms with E-state index in [0.717, 1.165) is 0 Å². The molecule has 3 atom stereocenters. The molecule has 1 saturated heterocycles. The first kappa shape index (κ1) is 14.9. The summed E-state index contributed by atoms with van der Waals surface area (Å²) in [7, 11) is 1.63. The molecule has 0 aliphatic carbocycles. The highest BCUT2D eigenvalue weighted by Crippen LogP contribution is 2.09. The summed E-state index contributed by atoms with van der Waals surface area (Å²) < 4.78 is 5.17. The molecular weight excluding hydrogens is 234 g/mol. The number of ether oxygens (including phenoxy) is 1. The molecule has 18 heavy (non-hydrogen) atoms. The Morgan fingerprint density at radius 3 is 2.44 bits per heavy atom. The van der Waals surface area contributed by atoms with Crippen LogP contribution in [0.15, 0.2) is 0 Å². The van der Waals surface area contributed by atoms with Crippen LogP contribution in [0.2, 0.25) is 0 Å². The zero-order valence-electron chi connectivity index (χ0n) is 11.4. The third-order valence-electron chi connectivity index (χ3n) is 2.92. The molecule has 104 valence electrons. The van der Waals surface area contributed by atoms with Crippen LogP contribution in [0.25, 0.3) is 0 Å². The van der Waals surface area contributed by atoms with Crippen LogP contribution in [-0.4, -0.2) is 49.7 Å². The summed E-state index contributed by atoms with van der Waals surface area (Å²) in [5.41, 5.74) is 0. The van der Waals surface area contributed by atoms with Gasteiger partial charge in [0.2, 0.25) is 11.8 Å². The first-order chi connectivity index (χ1) is 8.43.